The highest BCUT2D eigenvalue weighted by atomic mass is 16.4. The summed E-state index contributed by atoms with van der Waals surface area (Å²) in [7, 11) is 0. The second-order valence-corrected chi connectivity index (χ2v) is 4.80. The molecule has 0 aliphatic heterocycles. The van der Waals surface area contributed by atoms with Crippen LogP contribution in [-0.4, -0.2) is 45.9 Å². The number of aliphatic hydroxyl groups excluding tert-OH is 1. The summed E-state index contributed by atoms with van der Waals surface area (Å²) in [5.41, 5.74) is -2.53. The molecule has 0 rings (SSSR count). The van der Waals surface area contributed by atoms with Crippen LogP contribution < -0.4 is 5.32 Å². The van der Waals surface area contributed by atoms with E-state index in [4.69, 9.17) is 10.2 Å². The van der Waals surface area contributed by atoms with E-state index in [0.717, 1.165) is 0 Å². The zero-order valence-electron chi connectivity index (χ0n) is 9.78. The van der Waals surface area contributed by atoms with E-state index in [1.807, 2.05) is 0 Å². The van der Waals surface area contributed by atoms with Crippen molar-refractivity contribution in [1.82, 2.24) is 5.32 Å². The van der Waals surface area contributed by atoms with Gasteiger partial charge < -0.3 is 20.6 Å². The maximum absolute atomic E-state index is 11.4. The van der Waals surface area contributed by atoms with E-state index in [1.165, 1.54) is 20.8 Å². The molecule has 0 aromatic rings. The molecular weight excluding hydrogens is 214 g/mol. The molecule has 1 unspecified atom stereocenters. The monoisotopic (exact) mass is 233 g/mol. The highest BCUT2D eigenvalue weighted by molar-refractivity contribution is 5.84. The van der Waals surface area contributed by atoms with Crippen molar-refractivity contribution in [3.05, 3.63) is 0 Å². The number of carbonyl (C=O) groups excluding carboxylic acids is 1. The summed E-state index contributed by atoms with van der Waals surface area (Å²) < 4.78 is 0. The minimum atomic E-state index is -1.39. The van der Waals surface area contributed by atoms with Crippen molar-refractivity contribution in [3.63, 3.8) is 0 Å². The predicted molar refractivity (Wildman–Crippen MR) is 56.8 cm³/mol. The number of hydrogen-bond acceptors (Lipinski definition) is 4. The second-order valence-electron chi connectivity index (χ2n) is 4.80. The summed E-state index contributed by atoms with van der Waals surface area (Å²) in [4.78, 5) is 22.1. The molecule has 94 valence electrons. The maximum atomic E-state index is 11.4. The molecule has 0 saturated carbocycles. The minimum Gasteiger partial charge on any atom is -0.481 e. The fraction of sp³-hybridized carbons (Fsp3) is 0.800. The first kappa shape index (κ1) is 14.9. The van der Waals surface area contributed by atoms with E-state index in [9.17, 15) is 14.7 Å². The third-order valence-electron chi connectivity index (χ3n) is 2.19. The van der Waals surface area contributed by atoms with Gasteiger partial charge in [0.05, 0.1) is 12.0 Å². The smallest absolute Gasteiger partial charge is 0.309 e. The van der Waals surface area contributed by atoms with Crippen LogP contribution in [0.25, 0.3) is 0 Å². The van der Waals surface area contributed by atoms with Crippen molar-refractivity contribution in [2.75, 3.05) is 13.2 Å². The van der Waals surface area contributed by atoms with Gasteiger partial charge in [-0.1, -0.05) is 0 Å². The highest BCUT2D eigenvalue weighted by Gasteiger charge is 2.30. The van der Waals surface area contributed by atoms with Crippen LogP contribution in [0.3, 0.4) is 0 Å². The lowest BCUT2D eigenvalue weighted by molar-refractivity contribution is -0.149. The molecule has 0 aromatic carbocycles. The van der Waals surface area contributed by atoms with Gasteiger partial charge in [0.25, 0.3) is 0 Å². The molecule has 0 fully saturated rings. The molecule has 0 saturated heterocycles. The Morgan fingerprint density at radius 3 is 2.12 bits per heavy atom. The number of amides is 1. The van der Waals surface area contributed by atoms with Crippen LogP contribution in [0.2, 0.25) is 0 Å². The summed E-state index contributed by atoms with van der Waals surface area (Å²) in [6.45, 7) is 3.67. The first-order valence-corrected chi connectivity index (χ1v) is 4.94. The second kappa shape index (κ2) is 5.27. The van der Waals surface area contributed by atoms with Crippen molar-refractivity contribution in [3.8, 4) is 0 Å². The molecular formula is C10H19NO5. The first-order valence-electron chi connectivity index (χ1n) is 4.94. The molecule has 6 heteroatoms. The van der Waals surface area contributed by atoms with E-state index in [2.05, 4.69) is 5.32 Å². The highest BCUT2D eigenvalue weighted by Crippen LogP contribution is 2.20. The normalized spacial score (nSPS) is 15.3. The number of carboxylic acids is 1. The van der Waals surface area contributed by atoms with E-state index in [-0.39, 0.29) is 13.0 Å². The number of aliphatic carboxylic acids is 1. The number of carboxylic acid groups (broad SMARTS) is 1. The maximum Gasteiger partial charge on any atom is 0.309 e. The van der Waals surface area contributed by atoms with Gasteiger partial charge in [-0.15, -0.1) is 0 Å². The third kappa shape index (κ3) is 5.09. The Hall–Kier alpha value is -1.14. The predicted octanol–water partition coefficient (Wildman–Crippen LogP) is -0.653. The quantitative estimate of drug-likeness (QED) is 0.487. The largest absolute Gasteiger partial charge is 0.481 e. The standard InChI is InChI=1S/C10H19NO5/c1-9(2,8(14)15)4-7(13)11-5-10(3,16)6-12/h12,16H,4-6H2,1-3H3,(H,11,13)(H,14,15). The summed E-state index contributed by atoms with van der Waals surface area (Å²) in [5.74, 6) is -1.53. The molecule has 4 N–H and O–H groups in total. The van der Waals surface area contributed by atoms with Crippen LogP contribution in [0.1, 0.15) is 27.2 Å². The topological polar surface area (TPSA) is 107 Å². The SMILES string of the molecule is CC(O)(CO)CNC(=O)CC(C)(C)C(=O)O. The molecule has 6 nitrogen and oxygen atoms in total. The molecule has 0 aliphatic carbocycles. The van der Waals surface area contributed by atoms with Gasteiger partial charge >= 0.3 is 5.97 Å². The van der Waals surface area contributed by atoms with Crippen molar-refractivity contribution in [2.24, 2.45) is 5.41 Å². The van der Waals surface area contributed by atoms with Crippen LogP contribution >= 0.6 is 0 Å². The zero-order chi connectivity index (χ0) is 13.0. The van der Waals surface area contributed by atoms with Gasteiger partial charge in [-0.25, -0.2) is 0 Å². The van der Waals surface area contributed by atoms with Gasteiger partial charge in [0, 0.05) is 13.0 Å². The van der Waals surface area contributed by atoms with Gasteiger partial charge in [0.2, 0.25) is 5.91 Å². The number of aliphatic hydroxyl groups is 2. The Labute approximate surface area is 94.3 Å². The molecule has 0 aromatic heterocycles. The van der Waals surface area contributed by atoms with Gasteiger partial charge in [0.1, 0.15) is 5.60 Å². The molecule has 0 heterocycles. The van der Waals surface area contributed by atoms with Crippen LogP contribution in [0.4, 0.5) is 0 Å². The average molecular weight is 233 g/mol. The Balaban J connectivity index is 4.16. The Bertz CT molecular complexity index is 272. The van der Waals surface area contributed by atoms with E-state index < -0.39 is 29.5 Å². The molecule has 0 spiro atoms. The van der Waals surface area contributed by atoms with Crippen LogP contribution in [-0.2, 0) is 9.59 Å². The number of nitrogens with one attached hydrogen (secondary N) is 1. The first-order chi connectivity index (χ1) is 7.10. The minimum absolute atomic E-state index is 0.113. The van der Waals surface area contributed by atoms with Gasteiger partial charge in [-0.2, -0.15) is 0 Å². The van der Waals surface area contributed by atoms with Gasteiger partial charge in [0.15, 0.2) is 0 Å². The lowest BCUT2D eigenvalue weighted by atomic mass is 9.89. The summed E-state index contributed by atoms with van der Waals surface area (Å²) >= 11 is 0. The average Bonchev–Trinajstić information content (AvgIpc) is 2.14. The van der Waals surface area contributed by atoms with Crippen molar-refractivity contribution < 1.29 is 24.9 Å². The van der Waals surface area contributed by atoms with Crippen molar-refractivity contribution in [2.45, 2.75) is 32.8 Å². The van der Waals surface area contributed by atoms with Gasteiger partial charge in [-0.05, 0) is 20.8 Å². The lowest BCUT2D eigenvalue weighted by Crippen LogP contribution is -2.44. The summed E-state index contributed by atoms with van der Waals surface area (Å²) in [5, 5.41) is 29.3. The molecule has 0 radical (unpaired) electrons. The number of hydrogen-bond donors (Lipinski definition) is 4. The lowest BCUT2D eigenvalue weighted by Gasteiger charge is -2.23. The zero-order valence-corrected chi connectivity index (χ0v) is 9.78. The van der Waals surface area contributed by atoms with Gasteiger partial charge in [-0.3, -0.25) is 9.59 Å². The van der Waals surface area contributed by atoms with Crippen LogP contribution in [0.15, 0.2) is 0 Å². The summed E-state index contributed by atoms with van der Waals surface area (Å²) in [6, 6.07) is 0. The molecule has 1 atom stereocenters. The summed E-state index contributed by atoms with van der Waals surface area (Å²) in [6.07, 6.45) is -0.177. The van der Waals surface area contributed by atoms with Crippen LogP contribution in [0, 0.1) is 5.41 Å². The number of carbonyl (C=O) groups is 2. The third-order valence-corrected chi connectivity index (χ3v) is 2.19. The molecule has 1 amide bonds. The fourth-order valence-electron chi connectivity index (χ4n) is 0.884. The van der Waals surface area contributed by atoms with Crippen molar-refractivity contribution >= 4 is 11.9 Å². The molecule has 0 aliphatic rings. The van der Waals surface area contributed by atoms with E-state index in [1.54, 1.807) is 0 Å². The Morgan fingerprint density at radius 1 is 1.25 bits per heavy atom. The molecule has 0 bridgehead atoms. The fourth-order valence-corrected chi connectivity index (χ4v) is 0.884. The van der Waals surface area contributed by atoms with E-state index >= 15 is 0 Å². The molecule has 16 heavy (non-hydrogen) atoms. The Morgan fingerprint density at radius 2 is 1.75 bits per heavy atom. The number of rotatable bonds is 6. The van der Waals surface area contributed by atoms with E-state index in [0.29, 0.717) is 0 Å². The van der Waals surface area contributed by atoms with Crippen LogP contribution in [0.5, 0.6) is 0 Å². The van der Waals surface area contributed by atoms with Crippen molar-refractivity contribution in [1.29, 1.82) is 0 Å². The Kier molecular flexibility index (Phi) is 4.89.